The van der Waals surface area contributed by atoms with Gasteiger partial charge in [-0.05, 0) is 5.04 Å². The van der Waals surface area contributed by atoms with Gasteiger partial charge in [0.15, 0.2) is 5.52 Å². The molecule has 6 heteroatoms. The highest BCUT2D eigenvalue weighted by molar-refractivity contribution is 7.73. The zero-order valence-electron chi connectivity index (χ0n) is 7.08. The van der Waals surface area contributed by atoms with Gasteiger partial charge >= 0.3 is 5.71 Å². The Labute approximate surface area is 71.7 Å². The minimum atomic E-state index is -0.877. The zero-order chi connectivity index (χ0) is 9.78. The largest absolute Gasteiger partial charge is 0.368 e. The van der Waals surface area contributed by atoms with Gasteiger partial charge in [-0.2, -0.15) is 0 Å². The van der Waals surface area contributed by atoms with E-state index in [1.807, 2.05) is 0 Å². The molecule has 0 spiro atoms. The summed E-state index contributed by atoms with van der Waals surface area (Å²) in [6.07, 6.45) is 0. The Morgan fingerprint density at radius 3 is 2.17 bits per heavy atom. The van der Waals surface area contributed by atoms with Gasteiger partial charge in [-0.3, -0.25) is 9.68 Å². The van der Waals surface area contributed by atoms with Crippen LogP contribution in [0.15, 0.2) is 0 Å². The molecule has 0 aliphatic heterocycles. The molecule has 0 radical (unpaired) electrons. The molecule has 1 atom stereocenters. The first kappa shape index (κ1) is 11.5. The lowest BCUT2D eigenvalue weighted by Gasteiger charge is -2.14. The summed E-state index contributed by atoms with van der Waals surface area (Å²) in [5, 5.41) is 10.8. The minimum absolute atomic E-state index is 0.246. The maximum atomic E-state index is 11.1. The van der Waals surface area contributed by atoms with Crippen molar-refractivity contribution in [3.05, 3.63) is 0 Å². The van der Waals surface area contributed by atoms with Crippen LogP contribution < -0.4 is 0 Å². The molecule has 1 unspecified atom stereocenters. The maximum Gasteiger partial charge on any atom is 0.368 e. The number of carbonyl (C=O) groups is 2. The topological polar surface area (TPSA) is 72.8 Å². The molecule has 0 aromatic rings. The van der Waals surface area contributed by atoms with Crippen molar-refractivity contribution >= 4 is 19.8 Å². The van der Waals surface area contributed by atoms with Gasteiger partial charge < -0.3 is 0 Å². The van der Waals surface area contributed by atoms with E-state index in [2.05, 4.69) is 9.93 Å². The van der Waals surface area contributed by atoms with Crippen LogP contribution in [-0.2, 0) is 14.7 Å². The van der Waals surface area contributed by atoms with Crippen molar-refractivity contribution in [3.63, 3.8) is 0 Å². The lowest BCUT2D eigenvalue weighted by Crippen LogP contribution is -2.17. The van der Waals surface area contributed by atoms with Crippen LogP contribution in [0.3, 0.4) is 0 Å². The van der Waals surface area contributed by atoms with Crippen LogP contribution in [0, 0.1) is 5.41 Å². The van der Waals surface area contributed by atoms with Gasteiger partial charge in [0, 0.05) is 5.41 Å². The van der Waals surface area contributed by atoms with Gasteiger partial charge in [-0.15, -0.1) is 0 Å². The Kier molecular flexibility index (Phi) is 4.31. The Hall–Kier alpha value is -0.510. The van der Waals surface area contributed by atoms with E-state index in [1.165, 1.54) is 0 Å². The van der Waals surface area contributed by atoms with Crippen molar-refractivity contribution in [2.45, 2.75) is 20.8 Å². The second-order valence-electron chi connectivity index (χ2n) is 3.15. The van der Waals surface area contributed by atoms with E-state index in [9.17, 15) is 9.59 Å². The summed E-state index contributed by atoms with van der Waals surface area (Å²) >= 11 is 0. The smallest absolute Gasteiger partial charge is 0.294 e. The van der Waals surface area contributed by atoms with E-state index in [0.29, 0.717) is 0 Å². The van der Waals surface area contributed by atoms with Crippen LogP contribution in [0.4, 0.5) is 4.79 Å². The average Bonchev–Trinajstić information content (AvgIpc) is 1.85. The first-order chi connectivity index (χ1) is 5.38. The fourth-order valence-electron chi connectivity index (χ4n) is 0.335. The number of hydrogen-bond donors (Lipinski definition) is 1. The molecule has 0 amide bonds. The monoisotopic (exact) mass is 194 g/mol. The molecule has 12 heavy (non-hydrogen) atoms. The molecule has 0 bridgehead atoms. The van der Waals surface area contributed by atoms with Gasteiger partial charge in [-0.1, -0.05) is 20.8 Å². The van der Waals surface area contributed by atoms with E-state index in [0.717, 1.165) is 0 Å². The van der Waals surface area contributed by atoms with Gasteiger partial charge in [0.25, 0.3) is 0 Å². The van der Waals surface area contributed by atoms with Crippen LogP contribution in [0.2, 0.25) is 0 Å². The third kappa shape index (κ3) is 4.38. The van der Waals surface area contributed by atoms with Gasteiger partial charge in [0.1, 0.15) is 0 Å². The second-order valence-corrected chi connectivity index (χ2v) is 4.26. The molecule has 0 aromatic carbocycles. The van der Waals surface area contributed by atoms with Crippen LogP contribution in [0.5, 0.6) is 0 Å². The highest BCUT2D eigenvalue weighted by Crippen LogP contribution is 2.28. The van der Waals surface area contributed by atoms with Crippen LogP contribution in [0.25, 0.3) is 0 Å². The van der Waals surface area contributed by atoms with Gasteiger partial charge in [0.2, 0.25) is 0 Å². The first-order valence-electron chi connectivity index (χ1n) is 3.21. The predicted octanol–water partition coefficient (Wildman–Crippen LogP) is 1.78. The SMILES string of the molecule is CC(C)(C)C(=O)PC(=O)OOO. The molecule has 5 nitrogen and oxygen atoms in total. The molecule has 0 fully saturated rings. The van der Waals surface area contributed by atoms with Gasteiger partial charge in [-0.25, -0.2) is 10.1 Å². The quantitative estimate of drug-likeness (QED) is 0.421. The van der Waals surface area contributed by atoms with Crippen LogP contribution in [-0.4, -0.2) is 16.5 Å². The summed E-state index contributed by atoms with van der Waals surface area (Å²) < 4.78 is 0. The molecule has 70 valence electrons. The highest BCUT2D eigenvalue weighted by atomic mass is 31.1. The molecular formula is C6H11O5P. The molecule has 0 saturated carbocycles. The van der Waals surface area contributed by atoms with Crippen molar-refractivity contribution in [1.29, 1.82) is 0 Å². The molecule has 0 rings (SSSR count). The normalized spacial score (nSPS) is 12.0. The summed E-state index contributed by atoms with van der Waals surface area (Å²) in [6, 6.07) is 0. The lowest BCUT2D eigenvalue weighted by atomic mass is 10.00. The Morgan fingerprint density at radius 1 is 1.33 bits per heavy atom. The van der Waals surface area contributed by atoms with E-state index >= 15 is 0 Å². The minimum Gasteiger partial charge on any atom is -0.294 e. The molecule has 0 aliphatic rings. The van der Waals surface area contributed by atoms with Gasteiger partial charge in [0.05, 0.1) is 8.58 Å². The molecular weight excluding hydrogens is 183 g/mol. The van der Waals surface area contributed by atoms with Crippen LogP contribution >= 0.6 is 8.58 Å². The van der Waals surface area contributed by atoms with E-state index in [4.69, 9.17) is 5.26 Å². The molecule has 0 saturated heterocycles. The third-order valence-corrected chi connectivity index (χ3v) is 2.27. The fourth-order valence-corrected chi connectivity index (χ4v) is 0.974. The highest BCUT2D eigenvalue weighted by Gasteiger charge is 2.24. The number of hydrogen-bond acceptors (Lipinski definition) is 5. The van der Waals surface area contributed by atoms with E-state index in [-0.39, 0.29) is 5.52 Å². The summed E-state index contributed by atoms with van der Waals surface area (Å²) in [4.78, 5) is 25.4. The second kappa shape index (κ2) is 4.50. The van der Waals surface area contributed by atoms with E-state index in [1.54, 1.807) is 20.8 Å². The predicted molar refractivity (Wildman–Crippen MR) is 43.0 cm³/mol. The summed E-state index contributed by atoms with van der Waals surface area (Å²) in [6.45, 7) is 5.07. The molecule has 0 heterocycles. The molecule has 0 aromatic heterocycles. The third-order valence-electron chi connectivity index (χ3n) is 1.01. The number of rotatable bonds is 3. The summed E-state index contributed by atoms with van der Waals surface area (Å²) in [5.41, 5.74) is -1.70. The Balaban J connectivity index is 3.94. The van der Waals surface area contributed by atoms with Crippen LogP contribution in [0.1, 0.15) is 20.8 Å². The standard InChI is InChI=1S/C6H11O5P/c1-6(2,3)4(7)12-5(8)10-11-9/h9,12H,1-3H3. The number of carbonyl (C=O) groups excluding carboxylic acids is 2. The van der Waals surface area contributed by atoms with E-state index < -0.39 is 19.7 Å². The lowest BCUT2D eigenvalue weighted by molar-refractivity contribution is -0.452. The zero-order valence-corrected chi connectivity index (χ0v) is 8.08. The van der Waals surface area contributed by atoms with Crippen molar-refractivity contribution in [1.82, 2.24) is 0 Å². The molecule has 0 aliphatic carbocycles. The Morgan fingerprint density at radius 2 is 1.83 bits per heavy atom. The molecule has 1 N–H and O–H groups in total. The average molecular weight is 194 g/mol. The van der Waals surface area contributed by atoms with Crippen molar-refractivity contribution < 1.29 is 24.8 Å². The summed E-state index contributed by atoms with van der Waals surface area (Å²) in [5.74, 6) is 0. The maximum absolute atomic E-state index is 11.1. The van der Waals surface area contributed by atoms with Crippen molar-refractivity contribution in [3.8, 4) is 0 Å². The van der Waals surface area contributed by atoms with Crippen molar-refractivity contribution in [2.24, 2.45) is 5.41 Å². The summed E-state index contributed by atoms with van der Waals surface area (Å²) in [7, 11) is -0.647. The first-order valence-corrected chi connectivity index (χ1v) is 4.21. The fraction of sp³-hybridized carbons (Fsp3) is 0.667. The van der Waals surface area contributed by atoms with Crippen molar-refractivity contribution in [2.75, 3.05) is 0 Å². The Bertz CT molecular complexity index is 183.